The highest BCUT2D eigenvalue weighted by Crippen LogP contribution is 2.24. The summed E-state index contributed by atoms with van der Waals surface area (Å²) in [7, 11) is 1.70. The van der Waals surface area contributed by atoms with Gasteiger partial charge in [0.1, 0.15) is 17.3 Å². The van der Waals surface area contributed by atoms with Crippen molar-refractivity contribution in [2.45, 2.75) is 26.4 Å². The Labute approximate surface area is 108 Å². The van der Waals surface area contributed by atoms with Gasteiger partial charge in [-0.2, -0.15) is 0 Å². The molecule has 0 bridgehead atoms. The fourth-order valence-electron chi connectivity index (χ4n) is 1.97. The van der Waals surface area contributed by atoms with Gasteiger partial charge in [-0.25, -0.2) is 0 Å². The van der Waals surface area contributed by atoms with Gasteiger partial charge in [0.25, 0.3) is 0 Å². The number of ether oxygens (including phenoxy) is 1. The lowest BCUT2D eigenvalue weighted by Gasteiger charge is -2.16. The standard InChI is InChI=1S/C15H19NO2/c1-11-8-9-13(18-11)10-16-12(2)14-6-4-5-7-15(14)17-3/h4-9,12,16H,10H2,1-3H3/t12-/m1/s1. The Morgan fingerprint density at radius 2 is 2.00 bits per heavy atom. The van der Waals surface area contributed by atoms with Gasteiger partial charge in [-0.1, -0.05) is 18.2 Å². The maximum absolute atomic E-state index is 5.53. The number of hydrogen-bond acceptors (Lipinski definition) is 3. The van der Waals surface area contributed by atoms with Crippen LogP contribution in [-0.4, -0.2) is 7.11 Å². The van der Waals surface area contributed by atoms with E-state index in [0.29, 0.717) is 6.54 Å². The van der Waals surface area contributed by atoms with E-state index in [1.165, 1.54) is 0 Å². The summed E-state index contributed by atoms with van der Waals surface area (Å²) in [6, 6.07) is 12.2. The van der Waals surface area contributed by atoms with Gasteiger partial charge < -0.3 is 14.5 Å². The zero-order valence-corrected chi connectivity index (χ0v) is 11.1. The van der Waals surface area contributed by atoms with Crippen LogP contribution in [0.4, 0.5) is 0 Å². The predicted molar refractivity (Wildman–Crippen MR) is 71.7 cm³/mol. The van der Waals surface area contributed by atoms with Gasteiger partial charge in [0.15, 0.2) is 0 Å². The number of benzene rings is 1. The normalized spacial score (nSPS) is 12.4. The van der Waals surface area contributed by atoms with Crippen molar-refractivity contribution < 1.29 is 9.15 Å². The lowest BCUT2D eigenvalue weighted by Crippen LogP contribution is -2.18. The van der Waals surface area contributed by atoms with Crippen LogP contribution in [0.25, 0.3) is 0 Å². The molecule has 0 spiro atoms. The van der Waals surface area contributed by atoms with Gasteiger partial charge in [0.05, 0.1) is 13.7 Å². The Hall–Kier alpha value is -1.74. The summed E-state index contributed by atoms with van der Waals surface area (Å²) >= 11 is 0. The van der Waals surface area contributed by atoms with Crippen molar-refractivity contribution in [2.24, 2.45) is 0 Å². The van der Waals surface area contributed by atoms with Crippen LogP contribution >= 0.6 is 0 Å². The van der Waals surface area contributed by atoms with E-state index in [2.05, 4.69) is 18.3 Å². The average molecular weight is 245 g/mol. The van der Waals surface area contributed by atoms with Crippen molar-refractivity contribution in [3.63, 3.8) is 0 Å². The van der Waals surface area contributed by atoms with Crippen molar-refractivity contribution in [3.8, 4) is 5.75 Å². The molecule has 1 aromatic heterocycles. The molecule has 2 rings (SSSR count). The molecule has 0 radical (unpaired) electrons. The van der Waals surface area contributed by atoms with Crippen LogP contribution in [0.5, 0.6) is 5.75 Å². The van der Waals surface area contributed by atoms with E-state index in [9.17, 15) is 0 Å². The van der Waals surface area contributed by atoms with Crippen LogP contribution in [0.1, 0.15) is 30.0 Å². The van der Waals surface area contributed by atoms with Gasteiger partial charge >= 0.3 is 0 Å². The third-order valence-electron chi connectivity index (χ3n) is 2.98. The molecule has 1 atom stereocenters. The van der Waals surface area contributed by atoms with Crippen LogP contribution < -0.4 is 10.1 Å². The van der Waals surface area contributed by atoms with E-state index in [0.717, 1.165) is 22.8 Å². The Morgan fingerprint density at radius 3 is 2.67 bits per heavy atom. The molecule has 1 N–H and O–H groups in total. The molecule has 0 saturated carbocycles. The fraction of sp³-hybridized carbons (Fsp3) is 0.333. The maximum atomic E-state index is 5.53. The first-order valence-corrected chi connectivity index (χ1v) is 6.12. The lowest BCUT2D eigenvalue weighted by molar-refractivity contribution is 0.396. The smallest absolute Gasteiger partial charge is 0.123 e. The van der Waals surface area contributed by atoms with Crippen molar-refractivity contribution >= 4 is 0 Å². The summed E-state index contributed by atoms with van der Waals surface area (Å²) in [6.45, 7) is 4.79. The number of nitrogens with one attached hydrogen (secondary N) is 1. The molecule has 0 aliphatic heterocycles. The number of aryl methyl sites for hydroxylation is 1. The van der Waals surface area contributed by atoms with Crippen LogP contribution in [0, 0.1) is 6.92 Å². The molecule has 0 unspecified atom stereocenters. The zero-order valence-electron chi connectivity index (χ0n) is 11.1. The molecule has 3 heteroatoms. The fourth-order valence-corrected chi connectivity index (χ4v) is 1.97. The second-order valence-electron chi connectivity index (χ2n) is 4.36. The largest absolute Gasteiger partial charge is 0.496 e. The molecule has 0 amide bonds. The molecule has 0 fully saturated rings. The molecule has 0 saturated heterocycles. The quantitative estimate of drug-likeness (QED) is 0.876. The molecule has 1 aromatic carbocycles. The van der Waals surface area contributed by atoms with Crippen LogP contribution in [0.2, 0.25) is 0 Å². The van der Waals surface area contributed by atoms with Gasteiger partial charge in [-0.15, -0.1) is 0 Å². The molecular formula is C15H19NO2. The molecule has 2 aromatic rings. The molecular weight excluding hydrogens is 226 g/mol. The highest BCUT2D eigenvalue weighted by atomic mass is 16.5. The molecule has 3 nitrogen and oxygen atoms in total. The summed E-state index contributed by atoms with van der Waals surface area (Å²) in [5.74, 6) is 2.80. The second-order valence-corrected chi connectivity index (χ2v) is 4.36. The highest BCUT2D eigenvalue weighted by Gasteiger charge is 2.10. The number of methoxy groups -OCH3 is 1. The average Bonchev–Trinajstić information content (AvgIpc) is 2.81. The van der Waals surface area contributed by atoms with Crippen LogP contribution in [0.15, 0.2) is 40.8 Å². The zero-order chi connectivity index (χ0) is 13.0. The predicted octanol–water partition coefficient (Wildman–Crippen LogP) is 3.45. The minimum absolute atomic E-state index is 0.214. The molecule has 0 aliphatic carbocycles. The second kappa shape index (κ2) is 5.74. The SMILES string of the molecule is COc1ccccc1[C@@H](C)NCc1ccc(C)o1. The minimum atomic E-state index is 0.214. The van der Waals surface area contributed by atoms with Crippen molar-refractivity contribution in [1.82, 2.24) is 5.32 Å². The third-order valence-corrected chi connectivity index (χ3v) is 2.98. The van der Waals surface area contributed by atoms with E-state index in [1.54, 1.807) is 7.11 Å². The number of para-hydroxylation sites is 1. The van der Waals surface area contributed by atoms with Gasteiger partial charge in [0.2, 0.25) is 0 Å². The summed E-state index contributed by atoms with van der Waals surface area (Å²) in [5, 5.41) is 3.43. The Balaban J connectivity index is 2.01. The van der Waals surface area contributed by atoms with Crippen LogP contribution in [-0.2, 0) is 6.54 Å². The monoisotopic (exact) mass is 245 g/mol. The minimum Gasteiger partial charge on any atom is -0.496 e. The van der Waals surface area contributed by atoms with E-state index in [1.807, 2.05) is 37.3 Å². The van der Waals surface area contributed by atoms with E-state index >= 15 is 0 Å². The van der Waals surface area contributed by atoms with Gasteiger partial charge in [-0.3, -0.25) is 0 Å². The summed E-state index contributed by atoms with van der Waals surface area (Å²) in [6.07, 6.45) is 0. The van der Waals surface area contributed by atoms with E-state index in [4.69, 9.17) is 9.15 Å². The Kier molecular flexibility index (Phi) is 4.05. The highest BCUT2D eigenvalue weighted by molar-refractivity contribution is 5.35. The van der Waals surface area contributed by atoms with E-state index in [-0.39, 0.29) is 6.04 Å². The number of furan rings is 1. The first kappa shape index (κ1) is 12.7. The Morgan fingerprint density at radius 1 is 1.22 bits per heavy atom. The molecule has 18 heavy (non-hydrogen) atoms. The van der Waals surface area contributed by atoms with Gasteiger partial charge in [-0.05, 0) is 32.0 Å². The molecule has 1 heterocycles. The Bertz CT molecular complexity index is 505. The third kappa shape index (κ3) is 2.93. The van der Waals surface area contributed by atoms with Crippen molar-refractivity contribution in [2.75, 3.05) is 7.11 Å². The maximum Gasteiger partial charge on any atom is 0.123 e. The number of rotatable bonds is 5. The van der Waals surface area contributed by atoms with E-state index < -0.39 is 0 Å². The number of hydrogen-bond donors (Lipinski definition) is 1. The lowest BCUT2D eigenvalue weighted by atomic mass is 10.1. The summed E-state index contributed by atoms with van der Waals surface area (Å²) < 4.78 is 10.9. The topological polar surface area (TPSA) is 34.4 Å². The van der Waals surface area contributed by atoms with Gasteiger partial charge in [0, 0.05) is 11.6 Å². The first-order valence-electron chi connectivity index (χ1n) is 6.12. The summed E-state index contributed by atoms with van der Waals surface area (Å²) in [5.41, 5.74) is 1.16. The van der Waals surface area contributed by atoms with Crippen molar-refractivity contribution in [1.29, 1.82) is 0 Å². The molecule has 0 aliphatic rings. The molecule has 96 valence electrons. The summed E-state index contributed by atoms with van der Waals surface area (Å²) in [4.78, 5) is 0. The van der Waals surface area contributed by atoms with Crippen LogP contribution in [0.3, 0.4) is 0 Å². The van der Waals surface area contributed by atoms with Crippen molar-refractivity contribution in [3.05, 3.63) is 53.5 Å². The first-order chi connectivity index (χ1) is 8.70.